The number of amides is 2. The zero-order chi connectivity index (χ0) is 23.4. The molecule has 0 spiro atoms. The van der Waals surface area contributed by atoms with Gasteiger partial charge >= 0.3 is 5.91 Å². The fourth-order valence-corrected chi connectivity index (χ4v) is 3.94. The molecule has 0 unspecified atom stereocenters. The van der Waals surface area contributed by atoms with Crippen LogP contribution in [-0.4, -0.2) is 43.0 Å². The molecule has 2 amide bonds. The maximum atomic E-state index is 13.0. The number of hydrogen-bond acceptors (Lipinski definition) is 4. The van der Waals surface area contributed by atoms with Gasteiger partial charge in [-0.15, -0.1) is 10.1 Å². The molecular weight excluding hydrogens is 418 g/mol. The van der Waals surface area contributed by atoms with Crippen LogP contribution in [0.5, 0.6) is 11.5 Å². The smallest absolute Gasteiger partial charge is 0.304 e. The fourth-order valence-electron chi connectivity index (χ4n) is 3.94. The molecule has 7 heteroatoms. The molecule has 1 aliphatic rings. The minimum Gasteiger partial charge on any atom is -0.493 e. The normalized spacial score (nSPS) is 18.6. The Kier molecular flexibility index (Phi) is 6.40. The van der Waals surface area contributed by atoms with Crippen LogP contribution in [-0.2, 0) is 4.79 Å². The molecule has 7 nitrogen and oxygen atoms in total. The summed E-state index contributed by atoms with van der Waals surface area (Å²) in [5, 5.41) is 2.92. The zero-order valence-electron chi connectivity index (χ0n) is 18.7. The maximum absolute atomic E-state index is 13.0. The average molecular weight is 445 g/mol. The van der Waals surface area contributed by atoms with Gasteiger partial charge in [-0.3, -0.25) is 9.59 Å². The van der Waals surface area contributed by atoms with Gasteiger partial charge in [-0.1, -0.05) is 48.0 Å². The molecule has 1 saturated heterocycles. The lowest BCUT2D eigenvalue weighted by atomic mass is 9.99. The monoisotopic (exact) mass is 444 g/mol. The molecule has 2 atom stereocenters. The highest BCUT2D eigenvalue weighted by atomic mass is 16.5. The second-order valence-electron chi connectivity index (χ2n) is 7.80. The van der Waals surface area contributed by atoms with E-state index in [-0.39, 0.29) is 11.8 Å². The van der Waals surface area contributed by atoms with Crippen molar-refractivity contribution >= 4 is 18.0 Å². The van der Waals surface area contributed by atoms with Crippen molar-refractivity contribution in [1.82, 2.24) is 10.7 Å². The Morgan fingerprint density at radius 1 is 0.970 bits per heavy atom. The summed E-state index contributed by atoms with van der Waals surface area (Å²) in [6.07, 6.45) is 1.82. The SMILES string of the molecule is COc1ccc(/C=[N+]2\NC(=O)[C@H](NC(=O)c3cccc(C)c3)[C@@H]2c2ccccc2)cc1OC. The minimum atomic E-state index is -0.781. The Morgan fingerprint density at radius 2 is 1.73 bits per heavy atom. The molecule has 0 radical (unpaired) electrons. The van der Waals surface area contributed by atoms with Gasteiger partial charge in [0.25, 0.3) is 5.91 Å². The van der Waals surface area contributed by atoms with Crippen molar-refractivity contribution in [3.8, 4) is 11.5 Å². The summed E-state index contributed by atoms with van der Waals surface area (Å²) in [6, 6.07) is 21.2. The van der Waals surface area contributed by atoms with E-state index in [9.17, 15) is 9.59 Å². The molecule has 1 aliphatic heterocycles. The van der Waals surface area contributed by atoms with E-state index in [1.165, 1.54) is 0 Å². The summed E-state index contributed by atoms with van der Waals surface area (Å²) in [5.41, 5.74) is 6.07. The number of carbonyl (C=O) groups excluding carboxylic acids is 2. The van der Waals surface area contributed by atoms with Gasteiger partial charge in [0, 0.05) is 16.7 Å². The number of rotatable bonds is 6. The van der Waals surface area contributed by atoms with E-state index >= 15 is 0 Å². The van der Waals surface area contributed by atoms with E-state index in [2.05, 4.69) is 10.7 Å². The summed E-state index contributed by atoms with van der Waals surface area (Å²) in [6.45, 7) is 1.92. The minimum absolute atomic E-state index is 0.290. The van der Waals surface area contributed by atoms with Crippen molar-refractivity contribution in [2.45, 2.75) is 19.0 Å². The number of hydrazine groups is 1. The van der Waals surface area contributed by atoms with Crippen LogP contribution < -0.4 is 20.2 Å². The van der Waals surface area contributed by atoms with Gasteiger partial charge in [0.05, 0.1) is 14.2 Å². The standard InChI is InChI=1S/C26H25N3O4/c1-17-8-7-11-20(14-17)25(30)27-23-24(19-9-5-4-6-10-19)29(28-26(23)31)16-18-12-13-21(32-2)22(15-18)33-3/h4-16,23-24H,1-3H3,(H-,27,28,30,31)/p+1/b29-16-/t23-,24+/m1/s1. The quantitative estimate of drug-likeness (QED) is 0.573. The summed E-state index contributed by atoms with van der Waals surface area (Å²) in [7, 11) is 3.15. The summed E-state index contributed by atoms with van der Waals surface area (Å²) in [5.74, 6) is 0.606. The third kappa shape index (κ3) is 4.72. The van der Waals surface area contributed by atoms with Gasteiger partial charge in [-0.25, -0.2) is 0 Å². The topological polar surface area (TPSA) is 79.7 Å². The number of ether oxygens (including phenoxy) is 2. The van der Waals surface area contributed by atoms with Crippen LogP contribution in [0.15, 0.2) is 72.8 Å². The number of hydrazone groups is 1. The van der Waals surface area contributed by atoms with E-state index in [0.717, 1.165) is 16.7 Å². The van der Waals surface area contributed by atoms with Crippen molar-refractivity contribution in [3.05, 3.63) is 95.1 Å². The van der Waals surface area contributed by atoms with Crippen LogP contribution in [0.3, 0.4) is 0 Å². The molecule has 0 saturated carbocycles. The zero-order valence-corrected chi connectivity index (χ0v) is 18.7. The first-order chi connectivity index (χ1) is 16.0. The van der Waals surface area contributed by atoms with Gasteiger partial charge in [0.1, 0.15) is 0 Å². The van der Waals surface area contributed by atoms with Crippen LogP contribution in [0.25, 0.3) is 0 Å². The van der Waals surface area contributed by atoms with Crippen LogP contribution >= 0.6 is 0 Å². The number of benzene rings is 3. The molecule has 1 heterocycles. The summed E-state index contributed by atoms with van der Waals surface area (Å²) < 4.78 is 12.4. The molecule has 3 aromatic carbocycles. The molecule has 1 fully saturated rings. The van der Waals surface area contributed by atoms with Gasteiger partial charge < -0.3 is 14.8 Å². The van der Waals surface area contributed by atoms with Crippen LogP contribution in [0.4, 0.5) is 0 Å². The predicted octanol–water partition coefficient (Wildman–Crippen LogP) is 3.03. The van der Waals surface area contributed by atoms with Crippen molar-refractivity contribution in [1.29, 1.82) is 0 Å². The van der Waals surface area contributed by atoms with E-state index in [1.807, 2.05) is 67.7 Å². The number of methoxy groups -OCH3 is 2. The van der Waals surface area contributed by atoms with Crippen LogP contribution in [0.2, 0.25) is 0 Å². The van der Waals surface area contributed by atoms with Crippen LogP contribution in [0, 0.1) is 6.92 Å². The number of nitrogens with zero attached hydrogens (tertiary/aromatic N) is 1. The van der Waals surface area contributed by atoms with Gasteiger partial charge in [-0.2, -0.15) is 0 Å². The lowest BCUT2D eigenvalue weighted by molar-refractivity contribution is -0.596. The van der Waals surface area contributed by atoms with Gasteiger partial charge in [0.2, 0.25) is 12.3 Å². The predicted molar refractivity (Wildman–Crippen MR) is 125 cm³/mol. The van der Waals surface area contributed by atoms with E-state index in [1.54, 1.807) is 37.1 Å². The first kappa shape index (κ1) is 22.1. The number of aryl methyl sites for hydroxylation is 1. The first-order valence-electron chi connectivity index (χ1n) is 10.6. The molecule has 0 aliphatic carbocycles. The summed E-state index contributed by atoms with van der Waals surface area (Å²) in [4.78, 5) is 25.9. The fraction of sp³-hybridized carbons (Fsp3) is 0.192. The van der Waals surface area contributed by atoms with Crippen molar-refractivity contribution < 1.29 is 23.7 Å². The second kappa shape index (κ2) is 9.56. The van der Waals surface area contributed by atoms with E-state index in [0.29, 0.717) is 17.1 Å². The second-order valence-corrected chi connectivity index (χ2v) is 7.80. The third-order valence-corrected chi connectivity index (χ3v) is 5.54. The Hall–Kier alpha value is -4.13. The molecular formula is C26H26N3O4+. The first-order valence-corrected chi connectivity index (χ1v) is 10.6. The highest BCUT2D eigenvalue weighted by Crippen LogP contribution is 2.29. The highest BCUT2D eigenvalue weighted by Gasteiger charge is 2.47. The Balaban J connectivity index is 1.70. The number of hydrogen-bond donors (Lipinski definition) is 2. The van der Waals surface area contributed by atoms with Crippen molar-refractivity contribution in [2.75, 3.05) is 14.2 Å². The lowest BCUT2D eigenvalue weighted by Crippen LogP contribution is -2.42. The van der Waals surface area contributed by atoms with E-state index in [4.69, 9.17) is 9.47 Å². The van der Waals surface area contributed by atoms with Crippen molar-refractivity contribution in [2.24, 2.45) is 0 Å². The number of nitrogens with one attached hydrogen (secondary N) is 2. The van der Waals surface area contributed by atoms with Gasteiger partial charge in [-0.05, 0) is 37.3 Å². The third-order valence-electron chi connectivity index (χ3n) is 5.54. The Morgan fingerprint density at radius 3 is 2.42 bits per heavy atom. The molecule has 2 N–H and O–H groups in total. The molecule has 168 valence electrons. The van der Waals surface area contributed by atoms with Crippen molar-refractivity contribution in [3.63, 3.8) is 0 Å². The van der Waals surface area contributed by atoms with Crippen LogP contribution in [0.1, 0.15) is 33.1 Å². The highest BCUT2D eigenvalue weighted by molar-refractivity contribution is 5.98. The Bertz CT molecular complexity index is 1210. The van der Waals surface area contributed by atoms with Gasteiger partial charge in [0.15, 0.2) is 17.5 Å². The largest absolute Gasteiger partial charge is 0.493 e. The average Bonchev–Trinajstić information content (AvgIpc) is 3.13. The molecule has 4 rings (SSSR count). The lowest BCUT2D eigenvalue weighted by Gasteiger charge is -2.15. The molecule has 0 bridgehead atoms. The summed E-state index contributed by atoms with van der Waals surface area (Å²) >= 11 is 0. The Labute approximate surface area is 192 Å². The van der Waals surface area contributed by atoms with E-state index < -0.39 is 12.1 Å². The molecule has 0 aromatic heterocycles. The maximum Gasteiger partial charge on any atom is 0.304 e. The molecule has 3 aromatic rings. The molecule has 33 heavy (non-hydrogen) atoms. The number of carbonyl (C=O) groups is 2.